The first-order chi connectivity index (χ1) is 16.8. The Kier molecular flexibility index (Phi) is 7.68. The van der Waals surface area contributed by atoms with Crippen molar-refractivity contribution in [1.29, 1.82) is 0 Å². The lowest BCUT2D eigenvalue weighted by molar-refractivity contribution is -0.384. The van der Waals surface area contributed by atoms with Crippen molar-refractivity contribution in [3.63, 3.8) is 0 Å². The molecule has 0 aromatic heterocycles. The van der Waals surface area contributed by atoms with E-state index in [1.54, 1.807) is 13.8 Å². The molecule has 0 bridgehead atoms. The molecule has 0 spiro atoms. The van der Waals surface area contributed by atoms with Crippen molar-refractivity contribution in [2.75, 3.05) is 0 Å². The highest BCUT2D eigenvalue weighted by molar-refractivity contribution is 7.87. The molecule has 190 valence electrons. The monoisotopic (exact) mass is 522 g/mol. The average molecular weight is 523 g/mol. The third-order valence-corrected chi connectivity index (χ3v) is 6.36. The SMILES string of the molecule is CC(C)N(Cc1ccc(OS(=O)(=O)c2cccc(C(F)(F)F)c2)cc1)C(=O)c1cccc([N+](=O)[O-])c1. The van der Waals surface area contributed by atoms with Crippen LogP contribution in [0.3, 0.4) is 0 Å². The van der Waals surface area contributed by atoms with E-state index in [2.05, 4.69) is 0 Å². The van der Waals surface area contributed by atoms with Gasteiger partial charge in [-0.05, 0) is 55.8 Å². The van der Waals surface area contributed by atoms with Gasteiger partial charge < -0.3 is 9.08 Å². The van der Waals surface area contributed by atoms with E-state index in [9.17, 15) is 36.5 Å². The van der Waals surface area contributed by atoms with Crippen LogP contribution in [-0.2, 0) is 22.8 Å². The van der Waals surface area contributed by atoms with Crippen molar-refractivity contribution in [3.05, 3.63) is 99.6 Å². The van der Waals surface area contributed by atoms with Crippen molar-refractivity contribution in [3.8, 4) is 5.75 Å². The van der Waals surface area contributed by atoms with Gasteiger partial charge in [0.05, 0.1) is 10.5 Å². The first-order valence-corrected chi connectivity index (χ1v) is 11.9. The molecule has 3 rings (SSSR count). The summed E-state index contributed by atoms with van der Waals surface area (Å²) in [6.45, 7) is 3.66. The van der Waals surface area contributed by atoms with Crippen LogP contribution in [-0.4, -0.2) is 30.2 Å². The Morgan fingerprint density at radius 3 is 2.25 bits per heavy atom. The molecule has 0 saturated carbocycles. The van der Waals surface area contributed by atoms with Crippen LogP contribution in [0.5, 0.6) is 5.75 Å². The lowest BCUT2D eigenvalue weighted by Gasteiger charge is -2.27. The van der Waals surface area contributed by atoms with Crippen molar-refractivity contribution >= 4 is 21.7 Å². The molecule has 0 fully saturated rings. The fraction of sp³-hybridized carbons (Fsp3) is 0.208. The summed E-state index contributed by atoms with van der Waals surface area (Å²) in [4.78, 5) is 24.3. The quantitative estimate of drug-likeness (QED) is 0.222. The molecule has 0 saturated heterocycles. The number of carbonyl (C=O) groups excluding carboxylic acids is 1. The highest BCUT2D eigenvalue weighted by atomic mass is 32.2. The number of hydrogen-bond donors (Lipinski definition) is 0. The smallest absolute Gasteiger partial charge is 0.379 e. The minimum Gasteiger partial charge on any atom is -0.379 e. The second-order valence-electron chi connectivity index (χ2n) is 8.04. The van der Waals surface area contributed by atoms with E-state index < -0.39 is 37.6 Å². The van der Waals surface area contributed by atoms with Gasteiger partial charge in [-0.2, -0.15) is 21.6 Å². The molecule has 12 heteroatoms. The van der Waals surface area contributed by atoms with E-state index >= 15 is 0 Å². The van der Waals surface area contributed by atoms with Gasteiger partial charge in [-0.1, -0.05) is 24.3 Å². The summed E-state index contributed by atoms with van der Waals surface area (Å²) in [6, 6.07) is 14.0. The van der Waals surface area contributed by atoms with Crippen LogP contribution in [0.4, 0.5) is 18.9 Å². The number of alkyl halides is 3. The molecule has 8 nitrogen and oxygen atoms in total. The average Bonchev–Trinajstić information content (AvgIpc) is 2.82. The molecular weight excluding hydrogens is 501 g/mol. The largest absolute Gasteiger partial charge is 0.416 e. The summed E-state index contributed by atoms with van der Waals surface area (Å²) in [7, 11) is -4.53. The zero-order chi connectivity index (χ0) is 26.7. The molecule has 0 unspecified atom stereocenters. The van der Waals surface area contributed by atoms with Crippen LogP contribution in [0.1, 0.15) is 35.3 Å². The molecular formula is C24H21F3N2O6S. The Bertz CT molecular complexity index is 1370. The summed E-state index contributed by atoms with van der Waals surface area (Å²) in [5, 5.41) is 11.0. The standard InChI is InChI=1S/C24H21F3N2O6S/c1-16(2)28(23(30)18-5-3-7-20(13-18)29(31)32)15-17-9-11-21(12-10-17)35-36(33,34)22-8-4-6-19(14-22)24(25,26)27/h3-14,16H,15H2,1-2H3. The number of rotatable bonds is 8. The Hall–Kier alpha value is -3.93. The number of nitro groups is 1. The van der Waals surface area contributed by atoms with Crippen LogP contribution in [0, 0.1) is 10.1 Å². The van der Waals surface area contributed by atoms with E-state index in [-0.39, 0.29) is 29.6 Å². The van der Waals surface area contributed by atoms with Gasteiger partial charge in [0.25, 0.3) is 11.6 Å². The maximum atomic E-state index is 13.0. The lowest BCUT2D eigenvalue weighted by atomic mass is 10.1. The first kappa shape index (κ1) is 26.7. The van der Waals surface area contributed by atoms with E-state index in [1.165, 1.54) is 53.4 Å². The number of nitrogens with zero attached hydrogens (tertiary/aromatic N) is 2. The number of nitro benzene ring substituents is 1. The van der Waals surface area contributed by atoms with Gasteiger partial charge in [0.2, 0.25) is 0 Å². The third-order valence-electron chi connectivity index (χ3n) is 5.12. The van der Waals surface area contributed by atoms with Gasteiger partial charge in [0, 0.05) is 30.3 Å². The molecule has 3 aromatic rings. The summed E-state index contributed by atoms with van der Waals surface area (Å²) in [6.07, 6.45) is -4.71. The van der Waals surface area contributed by atoms with E-state index in [0.29, 0.717) is 11.6 Å². The summed E-state index contributed by atoms with van der Waals surface area (Å²) >= 11 is 0. The van der Waals surface area contributed by atoms with Crippen molar-refractivity contribution in [2.45, 2.75) is 37.5 Å². The molecule has 0 radical (unpaired) electrons. The molecule has 0 N–H and O–H groups in total. The van der Waals surface area contributed by atoms with Crippen molar-refractivity contribution in [1.82, 2.24) is 4.90 Å². The Labute approximate surface area is 205 Å². The topological polar surface area (TPSA) is 107 Å². The third kappa shape index (κ3) is 6.39. The van der Waals surface area contributed by atoms with E-state index in [4.69, 9.17) is 4.18 Å². The number of carbonyl (C=O) groups is 1. The fourth-order valence-corrected chi connectivity index (χ4v) is 4.23. The fourth-order valence-electron chi connectivity index (χ4n) is 3.26. The number of halogens is 3. The zero-order valence-corrected chi connectivity index (χ0v) is 19.9. The normalized spacial score (nSPS) is 11.8. The van der Waals surface area contributed by atoms with E-state index in [0.717, 1.165) is 18.2 Å². The molecule has 0 aliphatic heterocycles. The predicted octanol–water partition coefficient (Wildman–Crippen LogP) is 5.43. The predicted molar refractivity (Wildman–Crippen MR) is 124 cm³/mol. The number of hydrogen-bond acceptors (Lipinski definition) is 6. The van der Waals surface area contributed by atoms with Gasteiger partial charge in [-0.15, -0.1) is 0 Å². The first-order valence-electron chi connectivity index (χ1n) is 10.5. The minimum absolute atomic E-state index is 0.111. The van der Waals surface area contributed by atoms with Gasteiger partial charge >= 0.3 is 16.3 Å². The van der Waals surface area contributed by atoms with Crippen LogP contribution in [0.25, 0.3) is 0 Å². The van der Waals surface area contributed by atoms with Crippen LogP contribution < -0.4 is 4.18 Å². The summed E-state index contributed by atoms with van der Waals surface area (Å²) in [5.74, 6) is -0.557. The molecule has 1 amide bonds. The molecule has 0 aliphatic rings. The molecule has 0 heterocycles. The number of amides is 1. The number of non-ortho nitro benzene ring substituents is 1. The highest BCUT2D eigenvalue weighted by Gasteiger charge is 2.32. The zero-order valence-electron chi connectivity index (χ0n) is 19.1. The van der Waals surface area contributed by atoms with Crippen LogP contribution in [0.15, 0.2) is 77.7 Å². The number of benzene rings is 3. The second-order valence-corrected chi connectivity index (χ2v) is 9.59. The van der Waals surface area contributed by atoms with Crippen molar-refractivity contribution < 1.29 is 35.5 Å². The van der Waals surface area contributed by atoms with Crippen LogP contribution in [0.2, 0.25) is 0 Å². The Morgan fingerprint density at radius 2 is 1.67 bits per heavy atom. The van der Waals surface area contributed by atoms with Gasteiger partial charge in [0.1, 0.15) is 10.6 Å². The summed E-state index contributed by atoms with van der Waals surface area (Å²) < 4.78 is 68.6. The molecule has 0 atom stereocenters. The maximum Gasteiger partial charge on any atom is 0.416 e. The molecule has 36 heavy (non-hydrogen) atoms. The Morgan fingerprint density at radius 1 is 1.03 bits per heavy atom. The van der Waals surface area contributed by atoms with Crippen LogP contribution >= 0.6 is 0 Å². The van der Waals surface area contributed by atoms with Crippen molar-refractivity contribution in [2.24, 2.45) is 0 Å². The van der Waals surface area contributed by atoms with E-state index in [1.807, 2.05) is 0 Å². The van der Waals surface area contributed by atoms with Gasteiger partial charge in [0.15, 0.2) is 0 Å². The summed E-state index contributed by atoms with van der Waals surface area (Å²) in [5.41, 5.74) is -0.589. The Balaban J connectivity index is 1.77. The van der Waals surface area contributed by atoms with Gasteiger partial charge in [-0.3, -0.25) is 14.9 Å². The second kappa shape index (κ2) is 10.4. The molecule has 3 aromatic carbocycles. The van der Waals surface area contributed by atoms with Gasteiger partial charge in [-0.25, -0.2) is 0 Å². The lowest BCUT2D eigenvalue weighted by Crippen LogP contribution is -2.36. The molecule has 0 aliphatic carbocycles. The maximum absolute atomic E-state index is 13.0. The minimum atomic E-state index is -4.71. The highest BCUT2D eigenvalue weighted by Crippen LogP contribution is 2.31.